The summed E-state index contributed by atoms with van der Waals surface area (Å²) in [5.74, 6) is -0.532. The molecule has 0 aliphatic carbocycles. The molecule has 0 unspecified atom stereocenters. The molecule has 1 aliphatic heterocycles. The van der Waals surface area contributed by atoms with Gasteiger partial charge >= 0.3 is 0 Å². The van der Waals surface area contributed by atoms with Crippen LogP contribution in [0.3, 0.4) is 0 Å². The van der Waals surface area contributed by atoms with Crippen molar-refractivity contribution in [1.82, 2.24) is 0 Å². The number of ether oxygens (including phenoxy) is 2. The molecule has 0 amide bonds. The van der Waals surface area contributed by atoms with E-state index in [1.165, 1.54) is 0 Å². The number of rotatable bonds is 1. The van der Waals surface area contributed by atoms with Crippen LogP contribution in [0.1, 0.15) is 39.4 Å². The minimum absolute atomic E-state index is 0.0527. The van der Waals surface area contributed by atoms with Crippen molar-refractivity contribution in [3.05, 3.63) is 29.8 Å². The van der Waals surface area contributed by atoms with E-state index in [2.05, 4.69) is 0 Å². The number of hydrogen-bond acceptors (Lipinski definition) is 3. The zero-order valence-electron chi connectivity index (χ0n) is 10.3. The van der Waals surface area contributed by atoms with E-state index in [1.54, 1.807) is 0 Å². The third-order valence-corrected chi connectivity index (χ3v) is 2.78. The van der Waals surface area contributed by atoms with Gasteiger partial charge in [0.25, 0.3) is 0 Å². The average Bonchev–Trinajstić information content (AvgIpc) is 2.35. The van der Waals surface area contributed by atoms with Gasteiger partial charge in [-0.1, -0.05) is 12.1 Å². The summed E-state index contributed by atoms with van der Waals surface area (Å²) >= 11 is 0. The molecular weight excluding hydrogens is 202 g/mol. The SMILES string of the molecule is CC1(C)O[C@H](c2ccc(N)cc2)C(C)(C)O1. The Bertz CT molecular complexity index is 381. The quantitative estimate of drug-likeness (QED) is 0.742. The Hall–Kier alpha value is -1.06. The summed E-state index contributed by atoms with van der Waals surface area (Å²) in [6.45, 7) is 7.96. The highest BCUT2D eigenvalue weighted by atomic mass is 16.8. The largest absolute Gasteiger partial charge is 0.399 e. The van der Waals surface area contributed by atoms with Gasteiger partial charge in [0, 0.05) is 5.69 Å². The van der Waals surface area contributed by atoms with Gasteiger partial charge in [-0.3, -0.25) is 0 Å². The summed E-state index contributed by atoms with van der Waals surface area (Å²) in [6, 6.07) is 7.76. The van der Waals surface area contributed by atoms with E-state index in [0.717, 1.165) is 11.3 Å². The Morgan fingerprint density at radius 1 is 1.06 bits per heavy atom. The van der Waals surface area contributed by atoms with Crippen LogP contribution in [0.25, 0.3) is 0 Å². The first-order chi connectivity index (χ1) is 7.30. The van der Waals surface area contributed by atoms with E-state index in [4.69, 9.17) is 15.2 Å². The van der Waals surface area contributed by atoms with Crippen molar-refractivity contribution in [3.8, 4) is 0 Å². The molecule has 2 N–H and O–H groups in total. The first-order valence-corrected chi connectivity index (χ1v) is 5.54. The molecule has 1 aromatic carbocycles. The molecule has 3 heteroatoms. The molecule has 16 heavy (non-hydrogen) atoms. The van der Waals surface area contributed by atoms with Gasteiger partial charge in [0.05, 0.1) is 5.60 Å². The maximum Gasteiger partial charge on any atom is 0.164 e. The molecule has 0 bridgehead atoms. The predicted octanol–water partition coefficient (Wildman–Crippen LogP) is 2.87. The molecule has 0 radical (unpaired) electrons. The van der Waals surface area contributed by atoms with Crippen molar-refractivity contribution in [2.75, 3.05) is 5.73 Å². The monoisotopic (exact) mass is 221 g/mol. The van der Waals surface area contributed by atoms with Crippen molar-refractivity contribution >= 4 is 5.69 Å². The fraction of sp³-hybridized carbons (Fsp3) is 0.538. The van der Waals surface area contributed by atoms with Crippen molar-refractivity contribution in [2.45, 2.75) is 45.2 Å². The van der Waals surface area contributed by atoms with Gasteiger partial charge in [-0.25, -0.2) is 0 Å². The Labute approximate surface area is 96.5 Å². The molecule has 0 saturated carbocycles. The number of nitrogens with two attached hydrogens (primary N) is 1. The standard InChI is InChI=1S/C13H19NO2/c1-12(2)11(15-13(3,4)16-12)9-5-7-10(14)8-6-9/h5-8,11H,14H2,1-4H3/t11-/m1/s1. The van der Waals surface area contributed by atoms with Crippen LogP contribution in [0.4, 0.5) is 5.69 Å². The van der Waals surface area contributed by atoms with Crippen molar-refractivity contribution < 1.29 is 9.47 Å². The topological polar surface area (TPSA) is 44.5 Å². The first-order valence-electron chi connectivity index (χ1n) is 5.54. The van der Waals surface area contributed by atoms with Gasteiger partial charge in [0.15, 0.2) is 5.79 Å². The molecule has 1 heterocycles. The molecule has 0 spiro atoms. The predicted molar refractivity (Wildman–Crippen MR) is 63.9 cm³/mol. The Morgan fingerprint density at radius 2 is 1.62 bits per heavy atom. The molecule has 1 aromatic rings. The maximum atomic E-state index is 5.93. The summed E-state index contributed by atoms with van der Waals surface area (Å²) < 4.78 is 11.8. The van der Waals surface area contributed by atoms with Gasteiger partial charge in [-0.2, -0.15) is 0 Å². The average molecular weight is 221 g/mol. The molecule has 0 aromatic heterocycles. The van der Waals surface area contributed by atoms with Gasteiger partial charge < -0.3 is 15.2 Å². The summed E-state index contributed by atoms with van der Waals surface area (Å²) in [6.07, 6.45) is -0.0527. The minimum Gasteiger partial charge on any atom is -0.399 e. The van der Waals surface area contributed by atoms with E-state index in [1.807, 2.05) is 52.0 Å². The molecular formula is C13H19NO2. The van der Waals surface area contributed by atoms with Gasteiger partial charge in [-0.15, -0.1) is 0 Å². The lowest BCUT2D eigenvalue weighted by molar-refractivity contribution is -0.157. The lowest BCUT2D eigenvalue weighted by atomic mass is 9.95. The smallest absolute Gasteiger partial charge is 0.164 e. The normalized spacial score (nSPS) is 26.9. The first kappa shape index (κ1) is 11.4. The molecule has 3 nitrogen and oxygen atoms in total. The van der Waals surface area contributed by atoms with E-state index >= 15 is 0 Å². The zero-order chi connectivity index (χ0) is 12.0. The Morgan fingerprint density at radius 3 is 2.06 bits per heavy atom. The summed E-state index contributed by atoms with van der Waals surface area (Å²) in [7, 11) is 0. The van der Waals surface area contributed by atoms with Crippen molar-refractivity contribution in [2.24, 2.45) is 0 Å². The third kappa shape index (κ3) is 2.06. The lowest BCUT2D eigenvalue weighted by Gasteiger charge is -2.24. The second-order valence-corrected chi connectivity index (χ2v) is 5.27. The van der Waals surface area contributed by atoms with Crippen LogP contribution in [-0.2, 0) is 9.47 Å². The molecule has 1 aliphatic rings. The molecule has 1 atom stereocenters. The second kappa shape index (κ2) is 3.47. The molecule has 1 fully saturated rings. The van der Waals surface area contributed by atoms with Crippen LogP contribution in [0.5, 0.6) is 0 Å². The summed E-state index contributed by atoms with van der Waals surface area (Å²) in [5.41, 5.74) is 7.22. The lowest BCUT2D eigenvalue weighted by Crippen LogP contribution is -2.28. The third-order valence-electron chi connectivity index (χ3n) is 2.78. The fourth-order valence-corrected chi connectivity index (χ4v) is 2.28. The second-order valence-electron chi connectivity index (χ2n) is 5.27. The van der Waals surface area contributed by atoms with E-state index in [-0.39, 0.29) is 11.7 Å². The van der Waals surface area contributed by atoms with Crippen molar-refractivity contribution in [3.63, 3.8) is 0 Å². The van der Waals surface area contributed by atoms with Crippen molar-refractivity contribution in [1.29, 1.82) is 0 Å². The van der Waals surface area contributed by atoms with E-state index < -0.39 is 5.79 Å². The van der Waals surface area contributed by atoms with Crippen LogP contribution >= 0.6 is 0 Å². The highest BCUT2D eigenvalue weighted by Gasteiger charge is 2.47. The fourth-order valence-electron chi connectivity index (χ4n) is 2.28. The van der Waals surface area contributed by atoms with Crippen LogP contribution in [0, 0.1) is 0 Å². The Kier molecular flexibility index (Phi) is 2.48. The number of benzene rings is 1. The van der Waals surface area contributed by atoms with E-state index in [0.29, 0.717) is 0 Å². The van der Waals surface area contributed by atoms with Gasteiger partial charge in [0.1, 0.15) is 6.10 Å². The zero-order valence-corrected chi connectivity index (χ0v) is 10.3. The van der Waals surface area contributed by atoms with Crippen LogP contribution in [-0.4, -0.2) is 11.4 Å². The highest BCUT2D eigenvalue weighted by Crippen LogP contribution is 2.45. The number of anilines is 1. The highest BCUT2D eigenvalue weighted by molar-refractivity contribution is 5.40. The molecule has 88 valence electrons. The van der Waals surface area contributed by atoms with Crippen LogP contribution in [0.2, 0.25) is 0 Å². The number of nitrogen functional groups attached to an aromatic ring is 1. The summed E-state index contributed by atoms with van der Waals surface area (Å²) in [5, 5.41) is 0. The number of hydrogen-bond donors (Lipinski definition) is 1. The minimum atomic E-state index is -0.532. The van der Waals surface area contributed by atoms with Gasteiger partial charge in [-0.05, 0) is 45.4 Å². The van der Waals surface area contributed by atoms with Crippen LogP contribution < -0.4 is 5.73 Å². The van der Waals surface area contributed by atoms with Crippen LogP contribution in [0.15, 0.2) is 24.3 Å². The molecule has 2 rings (SSSR count). The maximum absolute atomic E-state index is 5.93. The Balaban J connectivity index is 2.31. The van der Waals surface area contributed by atoms with E-state index in [9.17, 15) is 0 Å². The van der Waals surface area contributed by atoms with Gasteiger partial charge in [0.2, 0.25) is 0 Å². The molecule has 1 saturated heterocycles. The summed E-state index contributed by atoms with van der Waals surface area (Å²) in [4.78, 5) is 0.